The minimum atomic E-state index is 0.497. The molecule has 2 radical (unpaired) electrons. The largest absolute Gasteiger partial charge is 0.409 e. The smallest absolute Gasteiger partial charge is 0.263 e. The fourth-order valence-electron chi connectivity index (χ4n) is 0.349. The zero-order chi connectivity index (χ0) is 7.82. The molecule has 0 atom stereocenters. The highest BCUT2D eigenvalue weighted by Crippen LogP contribution is 1.88. The van der Waals surface area contributed by atoms with Gasteiger partial charge in [0.1, 0.15) is 0 Å². The van der Waals surface area contributed by atoms with Gasteiger partial charge in [0.15, 0.2) is 0 Å². The van der Waals surface area contributed by atoms with E-state index < -0.39 is 0 Å². The van der Waals surface area contributed by atoms with Crippen molar-refractivity contribution in [3.63, 3.8) is 0 Å². The van der Waals surface area contributed by atoms with Crippen LogP contribution in [-0.2, 0) is 9.16 Å². The van der Waals surface area contributed by atoms with E-state index in [4.69, 9.17) is 9.16 Å². The zero-order valence-corrected chi connectivity index (χ0v) is 7.81. The second-order valence-corrected chi connectivity index (χ2v) is 3.20. The molecule has 0 amide bonds. The van der Waals surface area contributed by atoms with Crippen molar-refractivity contribution >= 4 is 9.76 Å². The van der Waals surface area contributed by atoms with Crippen molar-refractivity contribution in [3.8, 4) is 0 Å². The summed E-state index contributed by atoms with van der Waals surface area (Å²) in [6.45, 7) is 5.46. The summed E-state index contributed by atoms with van der Waals surface area (Å²) in [6, 6.07) is 0. The Labute approximate surface area is 65.2 Å². The van der Waals surface area contributed by atoms with E-state index in [-0.39, 0.29) is 0 Å². The first-order valence-electron chi connectivity index (χ1n) is 3.31. The molecule has 0 aromatic heterocycles. The topological polar surface area (TPSA) is 18.5 Å². The van der Waals surface area contributed by atoms with Gasteiger partial charge in [0.05, 0.1) is 13.2 Å². The monoisotopic (exact) mass is 158 g/mol. The van der Waals surface area contributed by atoms with Crippen LogP contribution in [0.1, 0.15) is 13.8 Å². The van der Waals surface area contributed by atoms with Crippen molar-refractivity contribution in [2.75, 3.05) is 20.3 Å². The Morgan fingerprint density at radius 1 is 1.50 bits per heavy atom. The van der Waals surface area contributed by atoms with Gasteiger partial charge in [0.2, 0.25) is 0 Å². The summed E-state index contributed by atoms with van der Waals surface area (Å²) in [5.74, 6) is 0. The fourth-order valence-corrected chi connectivity index (χ4v) is 0.880. The molecule has 0 aliphatic heterocycles. The Bertz CT molecular complexity index is 102. The van der Waals surface area contributed by atoms with Gasteiger partial charge in [-0.3, -0.25) is 0 Å². The molecule has 0 heterocycles. The van der Waals surface area contributed by atoms with Crippen molar-refractivity contribution in [2.45, 2.75) is 13.8 Å². The van der Waals surface area contributed by atoms with E-state index in [2.05, 4.69) is 13.0 Å². The summed E-state index contributed by atoms with van der Waals surface area (Å²) < 4.78 is 10.1. The van der Waals surface area contributed by atoms with Crippen LogP contribution in [0.2, 0.25) is 0 Å². The predicted octanol–water partition coefficient (Wildman–Crippen LogP) is 1.19. The molecule has 0 aromatic rings. The molecular formula is C7H14O2Si. The van der Waals surface area contributed by atoms with Crippen LogP contribution in [0.3, 0.4) is 0 Å². The minimum Gasteiger partial charge on any atom is -0.409 e. The number of hydrogen-bond acceptors (Lipinski definition) is 2. The van der Waals surface area contributed by atoms with Crippen LogP contribution in [-0.4, -0.2) is 30.1 Å². The Balaban J connectivity index is 3.04. The summed E-state index contributed by atoms with van der Waals surface area (Å²) in [6.07, 6.45) is 2.06. The second-order valence-electron chi connectivity index (χ2n) is 1.92. The van der Waals surface area contributed by atoms with Crippen molar-refractivity contribution in [3.05, 3.63) is 11.3 Å². The third-order valence-electron chi connectivity index (χ3n) is 1.06. The highest BCUT2D eigenvalue weighted by atomic mass is 28.2. The predicted molar refractivity (Wildman–Crippen MR) is 43.0 cm³/mol. The molecule has 0 rings (SSSR count). The van der Waals surface area contributed by atoms with E-state index in [0.717, 1.165) is 0 Å². The lowest BCUT2D eigenvalue weighted by atomic mass is 10.6. The van der Waals surface area contributed by atoms with Crippen LogP contribution in [0.5, 0.6) is 0 Å². The van der Waals surface area contributed by atoms with Gasteiger partial charge in [-0.15, -0.1) is 0 Å². The van der Waals surface area contributed by atoms with Gasteiger partial charge in [0.25, 0.3) is 9.76 Å². The Hall–Kier alpha value is -0.123. The molecule has 0 saturated carbocycles. The van der Waals surface area contributed by atoms with E-state index in [9.17, 15) is 0 Å². The molecule has 0 N–H and O–H groups in total. The molecule has 2 nitrogen and oxygen atoms in total. The van der Waals surface area contributed by atoms with Gasteiger partial charge >= 0.3 is 0 Å². The van der Waals surface area contributed by atoms with Crippen LogP contribution in [0, 0.1) is 0 Å². The van der Waals surface area contributed by atoms with Gasteiger partial charge in [-0.2, -0.15) is 0 Å². The molecule has 0 aliphatic rings. The van der Waals surface area contributed by atoms with Crippen molar-refractivity contribution in [1.82, 2.24) is 0 Å². The second kappa shape index (κ2) is 6.99. The van der Waals surface area contributed by atoms with Crippen molar-refractivity contribution in [2.24, 2.45) is 0 Å². The number of allylic oxidation sites excluding steroid dienone is 2. The van der Waals surface area contributed by atoms with E-state index >= 15 is 0 Å². The Morgan fingerprint density at radius 2 is 2.20 bits per heavy atom. The number of methoxy groups -OCH3 is 1. The van der Waals surface area contributed by atoms with Crippen LogP contribution in [0.15, 0.2) is 11.3 Å². The molecule has 0 bridgehead atoms. The highest BCUT2D eigenvalue weighted by Gasteiger charge is 1.91. The normalized spacial score (nSPS) is 12.1. The summed E-state index contributed by atoms with van der Waals surface area (Å²) in [5, 5.41) is 1.29. The SMILES string of the molecule is C/C=C(\C)[Si]OCCOC. The summed E-state index contributed by atoms with van der Waals surface area (Å²) >= 11 is 0. The summed E-state index contributed by atoms with van der Waals surface area (Å²) in [5.41, 5.74) is 0. The van der Waals surface area contributed by atoms with E-state index in [1.54, 1.807) is 7.11 Å². The van der Waals surface area contributed by atoms with Gasteiger partial charge in [-0.25, -0.2) is 0 Å². The molecule has 0 saturated heterocycles. The number of rotatable bonds is 5. The van der Waals surface area contributed by atoms with Gasteiger partial charge in [-0.05, 0) is 13.8 Å². The van der Waals surface area contributed by atoms with Crippen LogP contribution in [0.4, 0.5) is 0 Å². The quantitative estimate of drug-likeness (QED) is 0.442. The van der Waals surface area contributed by atoms with Gasteiger partial charge < -0.3 is 9.16 Å². The van der Waals surface area contributed by atoms with Crippen LogP contribution < -0.4 is 0 Å². The molecular weight excluding hydrogens is 144 g/mol. The lowest BCUT2D eigenvalue weighted by Gasteiger charge is -2.00. The third-order valence-corrected chi connectivity index (χ3v) is 2.01. The standard InChI is InChI=1S/C7H14O2Si/c1-4-7(2)10-9-6-5-8-3/h4H,5-6H2,1-3H3/b7-4+. The molecule has 0 aromatic carbocycles. The first-order chi connectivity index (χ1) is 4.81. The number of ether oxygens (including phenoxy) is 1. The average molecular weight is 158 g/mol. The molecule has 3 heteroatoms. The van der Waals surface area contributed by atoms with Gasteiger partial charge in [-0.1, -0.05) is 11.3 Å². The zero-order valence-electron chi connectivity index (χ0n) is 6.81. The molecule has 0 fully saturated rings. The molecule has 0 unspecified atom stereocenters. The number of hydrogen-bond donors (Lipinski definition) is 0. The van der Waals surface area contributed by atoms with Crippen LogP contribution in [0.25, 0.3) is 0 Å². The maximum Gasteiger partial charge on any atom is 0.263 e. The Morgan fingerprint density at radius 3 is 2.70 bits per heavy atom. The fraction of sp³-hybridized carbons (Fsp3) is 0.714. The molecule has 10 heavy (non-hydrogen) atoms. The van der Waals surface area contributed by atoms with Crippen molar-refractivity contribution in [1.29, 1.82) is 0 Å². The van der Waals surface area contributed by atoms with Gasteiger partial charge in [0, 0.05) is 7.11 Å². The maximum atomic E-state index is 5.26. The summed E-state index contributed by atoms with van der Waals surface area (Å²) in [7, 11) is 2.17. The average Bonchev–Trinajstić information content (AvgIpc) is 1.98. The van der Waals surface area contributed by atoms with Crippen molar-refractivity contribution < 1.29 is 9.16 Å². The molecule has 58 valence electrons. The first-order valence-corrected chi connectivity index (χ1v) is 4.21. The third kappa shape index (κ3) is 6.00. The van der Waals surface area contributed by atoms with E-state index in [0.29, 0.717) is 23.0 Å². The lowest BCUT2D eigenvalue weighted by Crippen LogP contribution is -2.06. The molecule has 0 spiro atoms. The maximum absolute atomic E-state index is 5.26. The Kier molecular flexibility index (Phi) is 6.90. The molecule has 0 aliphatic carbocycles. The lowest BCUT2D eigenvalue weighted by molar-refractivity contribution is 0.150. The van der Waals surface area contributed by atoms with E-state index in [1.807, 2.05) is 6.92 Å². The van der Waals surface area contributed by atoms with E-state index in [1.165, 1.54) is 5.20 Å². The minimum absolute atomic E-state index is 0.497. The highest BCUT2D eigenvalue weighted by molar-refractivity contribution is 6.37. The van der Waals surface area contributed by atoms with Crippen LogP contribution >= 0.6 is 0 Å². The summed E-state index contributed by atoms with van der Waals surface area (Å²) in [4.78, 5) is 0. The first kappa shape index (κ1) is 9.88.